The summed E-state index contributed by atoms with van der Waals surface area (Å²) in [6, 6.07) is 18.0. The van der Waals surface area contributed by atoms with E-state index in [1.807, 2.05) is 19.1 Å². The molecule has 0 saturated carbocycles. The van der Waals surface area contributed by atoms with Gasteiger partial charge in [-0.05, 0) is 48.9 Å². The first-order chi connectivity index (χ1) is 14.0. The maximum atomic E-state index is 13.7. The third-order valence-electron chi connectivity index (χ3n) is 4.39. The summed E-state index contributed by atoms with van der Waals surface area (Å²) in [4.78, 5) is 25.1. The Hall–Kier alpha value is -3.67. The molecule has 0 aliphatic carbocycles. The number of hydrogen-bond acceptors (Lipinski definition) is 3. The van der Waals surface area contributed by atoms with Crippen molar-refractivity contribution in [3.8, 4) is 5.75 Å². The fourth-order valence-electron chi connectivity index (χ4n) is 2.83. The first-order valence-electron chi connectivity index (χ1n) is 9.05. The van der Waals surface area contributed by atoms with Crippen LogP contribution in [0.1, 0.15) is 31.8 Å². The van der Waals surface area contributed by atoms with Crippen molar-refractivity contribution < 1.29 is 18.7 Å². The van der Waals surface area contributed by atoms with Crippen molar-refractivity contribution in [2.75, 3.05) is 12.4 Å². The van der Waals surface area contributed by atoms with Gasteiger partial charge < -0.3 is 15.4 Å². The highest BCUT2D eigenvalue weighted by Gasteiger charge is 2.13. The van der Waals surface area contributed by atoms with Crippen molar-refractivity contribution >= 4 is 17.5 Å². The summed E-state index contributed by atoms with van der Waals surface area (Å²) >= 11 is 0. The Morgan fingerprint density at radius 3 is 2.38 bits per heavy atom. The van der Waals surface area contributed by atoms with E-state index in [0.29, 0.717) is 28.1 Å². The summed E-state index contributed by atoms with van der Waals surface area (Å²) in [7, 11) is 1.53. The van der Waals surface area contributed by atoms with Gasteiger partial charge in [0.25, 0.3) is 11.8 Å². The van der Waals surface area contributed by atoms with Crippen LogP contribution in [0.3, 0.4) is 0 Å². The molecule has 0 aromatic heterocycles. The van der Waals surface area contributed by atoms with Crippen molar-refractivity contribution in [3.05, 3.63) is 94.8 Å². The molecule has 0 aliphatic heterocycles. The predicted octanol–water partition coefficient (Wildman–Crippen LogP) is 4.33. The molecule has 3 rings (SSSR count). The molecule has 0 heterocycles. The zero-order valence-electron chi connectivity index (χ0n) is 16.2. The maximum absolute atomic E-state index is 13.7. The van der Waals surface area contributed by atoms with Gasteiger partial charge in [0.1, 0.15) is 11.6 Å². The topological polar surface area (TPSA) is 67.4 Å². The average Bonchev–Trinajstić information content (AvgIpc) is 2.73. The Morgan fingerprint density at radius 2 is 1.66 bits per heavy atom. The largest absolute Gasteiger partial charge is 0.495 e. The Balaban J connectivity index is 1.72. The van der Waals surface area contributed by atoms with Crippen LogP contribution in [0.2, 0.25) is 0 Å². The fraction of sp³-hybridized carbons (Fsp3) is 0.130. The van der Waals surface area contributed by atoms with Gasteiger partial charge in [0, 0.05) is 23.2 Å². The highest BCUT2D eigenvalue weighted by Crippen LogP contribution is 2.25. The van der Waals surface area contributed by atoms with Crippen molar-refractivity contribution in [1.29, 1.82) is 0 Å². The van der Waals surface area contributed by atoms with E-state index in [0.717, 1.165) is 5.56 Å². The average molecular weight is 392 g/mol. The van der Waals surface area contributed by atoms with Gasteiger partial charge in [-0.1, -0.05) is 30.3 Å². The highest BCUT2D eigenvalue weighted by molar-refractivity contribution is 6.06. The number of anilines is 1. The molecule has 0 spiro atoms. The molecule has 6 heteroatoms. The minimum Gasteiger partial charge on any atom is -0.495 e. The van der Waals surface area contributed by atoms with Gasteiger partial charge in [0.05, 0.1) is 12.8 Å². The Bertz CT molecular complexity index is 1050. The normalized spacial score (nSPS) is 10.3. The van der Waals surface area contributed by atoms with E-state index in [4.69, 9.17) is 4.74 Å². The van der Waals surface area contributed by atoms with Gasteiger partial charge in [-0.15, -0.1) is 0 Å². The molecule has 0 fully saturated rings. The quantitative estimate of drug-likeness (QED) is 0.656. The molecule has 0 bridgehead atoms. The summed E-state index contributed by atoms with van der Waals surface area (Å²) in [5.41, 5.74) is 2.55. The lowest BCUT2D eigenvalue weighted by atomic mass is 10.1. The van der Waals surface area contributed by atoms with Gasteiger partial charge in [0.2, 0.25) is 0 Å². The number of methoxy groups -OCH3 is 1. The molecule has 3 aromatic rings. The lowest BCUT2D eigenvalue weighted by Crippen LogP contribution is -2.24. The molecule has 2 N–H and O–H groups in total. The standard InChI is InChI=1S/C23H21FN2O3/c1-15-10-11-21(29-2)20(12-15)26-23(28)17-8-5-7-16(13-17)22(27)25-14-18-6-3-4-9-19(18)24/h3-13H,14H2,1-2H3,(H,25,27)(H,26,28). The second-order valence-corrected chi connectivity index (χ2v) is 6.51. The molecule has 148 valence electrons. The molecule has 0 saturated heterocycles. The van der Waals surface area contributed by atoms with Crippen molar-refractivity contribution in [1.82, 2.24) is 5.32 Å². The molecule has 2 amide bonds. The van der Waals surface area contributed by atoms with Crippen LogP contribution in [-0.4, -0.2) is 18.9 Å². The zero-order chi connectivity index (χ0) is 20.8. The fourth-order valence-corrected chi connectivity index (χ4v) is 2.83. The van der Waals surface area contributed by atoms with E-state index in [9.17, 15) is 14.0 Å². The van der Waals surface area contributed by atoms with Crippen LogP contribution in [0.4, 0.5) is 10.1 Å². The lowest BCUT2D eigenvalue weighted by Gasteiger charge is -2.12. The number of carbonyl (C=O) groups excluding carboxylic acids is 2. The van der Waals surface area contributed by atoms with Crippen LogP contribution in [-0.2, 0) is 6.54 Å². The number of nitrogens with one attached hydrogen (secondary N) is 2. The first-order valence-corrected chi connectivity index (χ1v) is 9.05. The molecule has 3 aromatic carbocycles. The number of ether oxygens (including phenoxy) is 1. The minimum atomic E-state index is -0.393. The van der Waals surface area contributed by atoms with E-state index in [2.05, 4.69) is 10.6 Å². The molecule has 5 nitrogen and oxygen atoms in total. The van der Waals surface area contributed by atoms with E-state index >= 15 is 0 Å². The maximum Gasteiger partial charge on any atom is 0.255 e. The summed E-state index contributed by atoms with van der Waals surface area (Å²) < 4.78 is 19.0. The van der Waals surface area contributed by atoms with E-state index in [1.165, 1.54) is 19.2 Å². The minimum absolute atomic E-state index is 0.0580. The second-order valence-electron chi connectivity index (χ2n) is 6.51. The summed E-state index contributed by atoms with van der Waals surface area (Å²) in [6.07, 6.45) is 0. The Labute approximate surface area is 168 Å². The summed E-state index contributed by atoms with van der Waals surface area (Å²) in [5, 5.41) is 5.47. The Kier molecular flexibility index (Phi) is 6.24. The van der Waals surface area contributed by atoms with Crippen LogP contribution in [0.15, 0.2) is 66.7 Å². The number of rotatable bonds is 6. The molecular formula is C23H21FN2O3. The van der Waals surface area contributed by atoms with Crippen LogP contribution < -0.4 is 15.4 Å². The molecular weight excluding hydrogens is 371 g/mol. The van der Waals surface area contributed by atoms with Crippen LogP contribution in [0, 0.1) is 12.7 Å². The van der Waals surface area contributed by atoms with Crippen LogP contribution in [0.5, 0.6) is 5.75 Å². The molecule has 0 atom stereocenters. The summed E-state index contributed by atoms with van der Waals surface area (Å²) in [5.74, 6) is -0.593. The molecule has 0 aliphatic rings. The van der Waals surface area contributed by atoms with Crippen molar-refractivity contribution in [2.45, 2.75) is 13.5 Å². The second kappa shape index (κ2) is 9.01. The number of hydrogen-bond donors (Lipinski definition) is 2. The van der Waals surface area contributed by atoms with E-state index in [-0.39, 0.29) is 18.3 Å². The van der Waals surface area contributed by atoms with Crippen LogP contribution >= 0.6 is 0 Å². The Morgan fingerprint density at radius 1 is 0.931 bits per heavy atom. The lowest BCUT2D eigenvalue weighted by molar-refractivity contribution is 0.0950. The first kappa shape index (κ1) is 20.1. The summed E-state index contributed by atoms with van der Waals surface area (Å²) in [6.45, 7) is 1.97. The van der Waals surface area contributed by atoms with E-state index in [1.54, 1.807) is 42.5 Å². The van der Waals surface area contributed by atoms with Gasteiger partial charge in [-0.3, -0.25) is 9.59 Å². The van der Waals surface area contributed by atoms with Gasteiger partial charge in [0.15, 0.2) is 0 Å². The third kappa shape index (κ3) is 4.99. The van der Waals surface area contributed by atoms with Gasteiger partial charge in [-0.25, -0.2) is 4.39 Å². The SMILES string of the molecule is COc1ccc(C)cc1NC(=O)c1cccc(C(=O)NCc2ccccc2F)c1. The molecule has 0 unspecified atom stereocenters. The number of aryl methyl sites for hydroxylation is 1. The van der Waals surface area contributed by atoms with Gasteiger partial charge in [-0.2, -0.15) is 0 Å². The molecule has 29 heavy (non-hydrogen) atoms. The van der Waals surface area contributed by atoms with Gasteiger partial charge >= 0.3 is 0 Å². The predicted molar refractivity (Wildman–Crippen MR) is 110 cm³/mol. The number of amides is 2. The van der Waals surface area contributed by atoms with E-state index < -0.39 is 5.91 Å². The third-order valence-corrected chi connectivity index (χ3v) is 4.39. The van der Waals surface area contributed by atoms with Crippen LogP contribution in [0.25, 0.3) is 0 Å². The number of carbonyl (C=O) groups is 2. The number of halogens is 1. The zero-order valence-corrected chi connectivity index (χ0v) is 16.2. The monoisotopic (exact) mass is 392 g/mol. The van der Waals surface area contributed by atoms with Crippen molar-refractivity contribution in [3.63, 3.8) is 0 Å². The molecule has 0 radical (unpaired) electrons. The van der Waals surface area contributed by atoms with Crippen molar-refractivity contribution in [2.24, 2.45) is 0 Å². The highest BCUT2D eigenvalue weighted by atomic mass is 19.1. The smallest absolute Gasteiger partial charge is 0.255 e. The number of benzene rings is 3.